The molecule has 16 heavy (non-hydrogen) atoms. The molecule has 0 aliphatic heterocycles. The van der Waals surface area contributed by atoms with Gasteiger partial charge in [0.15, 0.2) is 5.82 Å². The number of halogens is 1. The topological polar surface area (TPSA) is 82.1 Å². The molecule has 0 radical (unpaired) electrons. The van der Waals surface area contributed by atoms with Gasteiger partial charge in [-0.1, -0.05) is 16.8 Å². The van der Waals surface area contributed by atoms with E-state index in [1.165, 1.54) is 18.2 Å². The molecule has 0 unspecified atom stereocenters. The summed E-state index contributed by atoms with van der Waals surface area (Å²) >= 11 is 5.68. The van der Waals surface area contributed by atoms with Crippen LogP contribution in [0.15, 0.2) is 22.7 Å². The number of hydrogen-bond donors (Lipinski definition) is 0. The van der Waals surface area contributed by atoms with E-state index in [4.69, 9.17) is 16.1 Å². The number of nitro benzene ring substituents is 1. The summed E-state index contributed by atoms with van der Waals surface area (Å²) in [5.41, 5.74) is 0.103. The summed E-state index contributed by atoms with van der Waals surface area (Å²) in [7, 11) is 0. The van der Waals surface area contributed by atoms with Crippen LogP contribution in [0, 0.1) is 17.0 Å². The molecule has 2 aromatic rings. The Labute approximate surface area is 95.0 Å². The fraction of sp³-hybridized carbons (Fsp3) is 0.111. The fourth-order valence-corrected chi connectivity index (χ4v) is 1.41. The summed E-state index contributed by atoms with van der Waals surface area (Å²) in [4.78, 5) is 14.2. The molecule has 1 aromatic carbocycles. The van der Waals surface area contributed by atoms with Gasteiger partial charge in [-0.25, -0.2) is 0 Å². The third kappa shape index (κ3) is 1.87. The summed E-state index contributed by atoms with van der Waals surface area (Å²) in [6.07, 6.45) is 0. The van der Waals surface area contributed by atoms with Crippen molar-refractivity contribution in [3.63, 3.8) is 0 Å². The van der Waals surface area contributed by atoms with Crippen molar-refractivity contribution >= 4 is 17.3 Å². The number of rotatable bonds is 2. The predicted molar refractivity (Wildman–Crippen MR) is 56.1 cm³/mol. The van der Waals surface area contributed by atoms with Crippen molar-refractivity contribution in [2.75, 3.05) is 0 Å². The maximum absolute atomic E-state index is 10.8. The molecule has 7 heteroatoms. The molecule has 82 valence electrons. The average Bonchev–Trinajstić information content (AvgIpc) is 2.64. The van der Waals surface area contributed by atoms with Crippen molar-refractivity contribution in [3.05, 3.63) is 39.2 Å². The van der Waals surface area contributed by atoms with E-state index in [1.54, 1.807) is 6.92 Å². The summed E-state index contributed by atoms with van der Waals surface area (Å²) in [5, 5.41) is 14.7. The van der Waals surface area contributed by atoms with Gasteiger partial charge in [-0.3, -0.25) is 10.1 Å². The third-order valence-electron chi connectivity index (χ3n) is 1.91. The Morgan fingerprint density at radius 3 is 2.81 bits per heavy atom. The van der Waals surface area contributed by atoms with Crippen molar-refractivity contribution in [3.8, 4) is 11.5 Å². The molecule has 6 nitrogen and oxygen atoms in total. The van der Waals surface area contributed by atoms with Crippen molar-refractivity contribution in [1.82, 2.24) is 10.1 Å². The van der Waals surface area contributed by atoms with E-state index in [0.29, 0.717) is 5.82 Å². The monoisotopic (exact) mass is 239 g/mol. The highest BCUT2D eigenvalue weighted by molar-refractivity contribution is 6.30. The first kappa shape index (κ1) is 10.6. The summed E-state index contributed by atoms with van der Waals surface area (Å²) in [5.74, 6) is 0.528. The van der Waals surface area contributed by atoms with E-state index in [0.717, 1.165) is 0 Å². The zero-order chi connectivity index (χ0) is 11.7. The van der Waals surface area contributed by atoms with Crippen molar-refractivity contribution in [1.29, 1.82) is 0 Å². The van der Waals surface area contributed by atoms with E-state index in [-0.39, 0.29) is 22.2 Å². The lowest BCUT2D eigenvalue weighted by Gasteiger charge is -1.97. The van der Waals surface area contributed by atoms with Gasteiger partial charge in [-0.05, 0) is 19.1 Å². The minimum Gasteiger partial charge on any atom is -0.334 e. The molecule has 0 fully saturated rings. The molecule has 0 aliphatic carbocycles. The highest BCUT2D eigenvalue weighted by Crippen LogP contribution is 2.30. The maximum atomic E-state index is 10.8. The van der Waals surface area contributed by atoms with Crippen LogP contribution >= 0.6 is 11.6 Å². The van der Waals surface area contributed by atoms with Gasteiger partial charge in [0.05, 0.1) is 4.92 Å². The first-order chi connectivity index (χ1) is 7.58. The fourth-order valence-electron chi connectivity index (χ4n) is 1.24. The van der Waals surface area contributed by atoms with Crippen molar-refractivity contribution in [2.24, 2.45) is 0 Å². The molecule has 0 spiro atoms. The number of benzene rings is 1. The van der Waals surface area contributed by atoms with Gasteiger partial charge >= 0.3 is 0 Å². The number of nitro groups is 1. The molecular formula is C9H6ClN3O3. The second-order valence-corrected chi connectivity index (χ2v) is 3.50. The second-order valence-electron chi connectivity index (χ2n) is 3.07. The van der Waals surface area contributed by atoms with Gasteiger partial charge in [-0.2, -0.15) is 4.98 Å². The predicted octanol–water partition coefficient (Wildman–Crippen LogP) is 2.61. The largest absolute Gasteiger partial charge is 0.334 e. The first-order valence-electron chi connectivity index (χ1n) is 4.32. The van der Waals surface area contributed by atoms with Crippen molar-refractivity contribution < 1.29 is 9.45 Å². The van der Waals surface area contributed by atoms with Crippen LogP contribution in [0.5, 0.6) is 0 Å². The molecule has 0 saturated heterocycles. The minimum absolute atomic E-state index is 0.112. The number of aryl methyl sites for hydroxylation is 1. The minimum atomic E-state index is -0.541. The molecule has 0 saturated carbocycles. The average molecular weight is 240 g/mol. The quantitative estimate of drug-likeness (QED) is 0.594. The van der Waals surface area contributed by atoms with E-state index >= 15 is 0 Å². The van der Waals surface area contributed by atoms with Gasteiger partial charge < -0.3 is 4.52 Å². The Balaban J connectivity index is 2.60. The summed E-state index contributed by atoms with van der Waals surface area (Å²) in [6.45, 7) is 1.63. The Bertz CT molecular complexity index is 553. The summed E-state index contributed by atoms with van der Waals surface area (Å²) < 4.78 is 4.87. The lowest BCUT2D eigenvalue weighted by Crippen LogP contribution is -1.92. The highest BCUT2D eigenvalue weighted by Gasteiger charge is 2.20. The lowest BCUT2D eigenvalue weighted by molar-refractivity contribution is -0.384. The Kier molecular flexibility index (Phi) is 2.57. The van der Waals surface area contributed by atoms with Crippen LogP contribution in [0.4, 0.5) is 5.69 Å². The Morgan fingerprint density at radius 1 is 1.50 bits per heavy atom. The zero-order valence-corrected chi connectivity index (χ0v) is 8.93. The van der Waals surface area contributed by atoms with Crippen LogP contribution < -0.4 is 0 Å². The van der Waals surface area contributed by atoms with Crippen molar-refractivity contribution in [2.45, 2.75) is 6.92 Å². The van der Waals surface area contributed by atoms with E-state index in [9.17, 15) is 10.1 Å². The van der Waals surface area contributed by atoms with E-state index in [1.807, 2.05) is 0 Å². The lowest BCUT2D eigenvalue weighted by atomic mass is 10.2. The molecule has 0 N–H and O–H groups in total. The standard InChI is InChI=1S/C9H6ClN3O3/c1-5-11-9(16-12-5)7-3-2-6(10)4-8(7)13(14)15/h2-4H,1H3. The Morgan fingerprint density at radius 2 is 2.25 bits per heavy atom. The van der Waals surface area contributed by atoms with Gasteiger partial charge in [0.25, 0.3) is 11.6 Å². The van der Waals surface area contributed by atoms with Gasteiger partial charge in [0.1, 0.15) is 5.56 Å². The van der Waals surface area contributed by atoms with Crippen LogP contribution in [0.2, 0.25) is 5.02 Å². The van der Waals surface area contributed by atoms with E-state index < -0.39 is 4.92 Å². The zero-order valence-electron chi connectivity index (χ0n) is 8.18. The Hall–Kier alpha value is -1.95. The highest BCUT2D eigenvalue weighted by atomic mass is 35.5. The molecule has 1 heterocycles. The van der Waals surface area contributed by atoms with Crippen LogP contribution in [-0.2, 0) is 0 Å². The van der Waals surface area contributed by atoms with E-state index in [2.05, 4.69) is 10.1 Å². The normalized spacial score (nSPS) is 10.4. The summed E-state index contributed by atoms with van der Waals surface area (Å²) in [6, 6.07) is 4.26. The smallest absolute Gasteiger partial charge is 0.283 e. The number of nitrogens with zero attached hydrogens (tertiary/aromatic N) is 3. The SMILES string of the molecule is Cc1noc(-c2ccc(Cl)cc2[N+](=O)[O-])n1. The van der Waals surface area contributed by atoms with Gasteiger partial charge in [-0.15, -0.1) is 0 Å². The first-order valence-corrected chi connectivity index (χ1v) is 4.70. The second kappa shape index (κ2) is 3.90. The van der Waals surface area contributed by atoms with Gasteiger partial charge in [0, 0.05) is 11.1 Å². The number of aromatic nitrogens is 2. The van der Waals surface area contributed by atoms with Crippen LogP contribution in [0.1, 0.15) is 5.82 Å². The van der Waals surface area contributed by atoms with Crippen LogP contribution in [-0.4, -0.2) is 15.1 Å². The maximum Gasteiger partial charge on any atom is 0.283 e. The molecular weight excluding hydrogens is 234 g/mol. The third-order valence-corrected chi connectivity index (χ3v) is 2.15. The molecule has 0 amide bonds. The molecule has 1 aromatic heterocycles. The molecule has 0 atom stereocenters. The molecule has 0 aliphatic rings. The van der Waals surface area contributed by atoms with Crippen LogP contribution in [0.25, 0.3) is 11.5 Å². The molecule has 0 bridgehead atoms. The van der Waals surface area contributed by atoms with Gasteiger partial charge in [0.2, 0.25) is 0 Å². The van der Waals surface area contributed by atoms with Crippen LogP contribution in [0.3, 0.4) is 0 Å². The molecule has 2 rings (SSSR count). The number of hydrogen-bond acceptors (Lipinski definition) is 5.